The number of carbonyl (C=O) groups is 1. The van der Waals surface area contributed by atoms with E-state index in [2.05, 4.69) is 5.32 Å². The first-order valence-electron chi connectivity index (χ1n) is 8.18. The van der Waals surface area contributed by atoms with Crippen molar-refractivity contribution in [3.63, 3.8) is 0 Å². The van der Waals surface area contributed by atoms with Gasteiger partial charge in [0.1, 0.15) is 0 Å². The molecule has 2 aromatic rings. The Labute approximate surface area is 140 Å². The molecule has 0 aliphatic carbocycles. The fraction of sp³-hybridized carbons (Fsp3) is 0.316. The summed E-state index contributed by atoms with van der Waals surface area (Å²) in [6.07, 6.45) is -0.395. The third-order valence-corrected chi connectivity index (χ3v) is 4.96. The first-order valence-corrected chi connectivity index (χ1v) is 8.18. The number of amides is 1. The summed E-state index contributed by atoms with van der Waals surface area (Å²) in [4.78, 5) is 14.4. The fourth-order valence-electron chi connectivity index (χ4n) is 3.80. The lowest BCUT2D eigenvalue weighted by Gasteiger charge is -2.46. The van der Waals surface area contributed by atoms with Gasteiger partial charge in [-0.15, -0.1) is 0 Å². The van der Waals surface area contributed by atoms with Crippen LogP contribution in [0.3, 0.4) is 0 Å². The van der Waals surface area contributed by atoms with E-state index in [1.165, 1.54) is 4.90 Å². The Kier molecular flexibility index (Phi) is 3.64. The van der Waals surface area contributed by atoms with Gasteiger partial charge in [0.15, 0.2) is 5.72 Å². The van der Waals surface area contributed by atoms with Crippen LogP contribution in [0.1, 0.15) is 27.5 Å². The molecule has 1 amide bonds. The Morgan fingerprint density at radius 2 is 1.79 bits per heavy atom. The zero-order valence-electron chi connectivity index (χ0n) is 13.2. The molecule has 1 saturated heterocycles. The summed E-state index contributed by atoms with van der Waals surface area (Å²) in [5.41, 5.74) is 0.916. The van der Waals surface area contributed by atoms with Crippen LogP contribution in [0.4, 0.5) is 0 Å². The van der Waals surface area contributed by atoms with Crippen LogP contribution in [-0.4, -0.2) is 45.9 Å². The number of benzene rings is 2. The van der Waals surface area contributed by atoms with Crippen molar-refractivity contribution in [2.24, 2.45) is 0 Å². The first-order chi connectivity index (χ1) is 11.6. The van der Waals surface area contributed by atoms with Crippen molar-refractivity contribution in [1.82, 2.24) is 10.2 Å². The van der Waals surface area contributed by atoms with E-state index in [4.69, 9.17) is 0 Å². The Morgan fingerprint density at radius 3 is 2.58 bits per heavy atom. The van der Waals surface area contributed by atoms with Crippen molar-refractivity contribution in [1.29, 1.82) is 0 Å². The maximum atomic E-state index is 13.0. The van der Waals surface area contributed by atoms with Gasteiger partial charge in [-0.25, -0.2) is 0 Å². The summed E-state index contributed by atoms with van der Waals surface area (Å²) in [6.45, 7) is 0.433. The second-order valence-electron chi connectivity index (χ2n) is 6.53. The zero-order valence-corrected chi connectivity index (χ0v) is 13.2. The molecule has 0 aromatic heterocycles. The highest BCUT2D eigenvalue weighted by Crippen LogP contribution is 2.39. The topological polar surface area (TPSA) is 72.8 Å². The molecular weight excluding hydrogens is 304 g/mol. The number of nitrogens with one attached hydrogen (secondary N) is 1. The predicted molar refractivity (Wildman–Crippen MR) is 89.3 cm³/mol. The maximum Gasteiger partial charge on any atom is 0.256 e. The molecule has 24 heavy (non-hydrogen) atoms. The van der Waals surface area contributed by atoms with Crippen LogP contribution in [0.15, 0.2) is 54.6 Å². The van der Waals surface area contributed by atoms with Gasteiger partial charge >= 0.3 is 0 Å². The van der Waals surface area contributed by atoms with E-state index in [9.17, 15) is 15.0 Å². The number of hydrogen-bond donors (Lipinski definition) is 3. The van der Waals surface area contributed by atoms with Crippen LogP contribution in [0.5, 0.6) is 0 Å². The quantitative estimate of drug-likeness (QED) is 0.734. The third-order valence-electron chi connectivity index (χ3n) is 4.96. The lowest BCUT2D eigenvalue weighted by Crippen LogP contribution is -2.61. The summed E-state index contributed by atoms with van der Waals surface area (Å²) < 4.78 is 0. The molecule has 0 bridgehead atoms. The molecule has 3 unspecified atom stereocenters. The Morgan fingerprint density at radius 1 is 1.08 bits per heavy atom. The van der Waals surface area contributed by atoms with E-state index < -0.39 is 17.9 Å². The van der Waals surface area contributed by atoms with E-state index in [0.717, 1.165) is 11.1 Å². The monoisotopic (exact) mass is 324 g/mol. The standard InChI is InChI=1S/C19H20N2O3/c22-15-11-20-17(13-6-2-1-3-7-13)19(24)10-14-8-4-5-9-16(14)18(23)21(19)12-15/h1-9,15,17,20,22,24H,10-12H2. The van der Waals surface area contributed by atoms with E-state index in [0.29, 0.717) is 18.5 Å². The summed E-state index contributed by atoms with van der Waals surface area (Å²) in [5, 5.41) is 25.0. The number of aliphatic hydroxyl groups is 2. The number of nitrogens with zero attached hydrogens (tertiary/aromatic N) is 1. The zero-order chi connectivity index (χ0) is 16.7. The van der Waals surface area contributed by atoms with Crippen LogP contribution in [-0.2, 0) is 6.42 Å². The highest BCUT2D eigenvalue weighted by Gasteiger charge is 2.51. The maximum absolute atomic E-state index is 13.0. The molecular formula is C19H20N2O3. The Hall–Kier alpha value is -2.21. The number of β-amino-alcohol motifs (C(OH)–C–C–N with tert-alkyl or cyclic N) is 1. The summed E-state index contributed by atoms with van der Waals surface area (Å²) in [6, 6.07) is 16.5. The van der Waals surface area contributed by atoms with Crippen molar-refractivity contribution in [2.75, 3.05) is 13.1 Å². The summed E-state index contributed by atoms with van der Waals surface area (Å²) in [7, 11) is 0. The predicted octanol–water partition coefficient (Wildman–Crippen LogP) is 1.08. The fourth-order valence-corrected chi connectivity index (χ4v) is 3.80. The number of aliphatic hydroxyl groups excluding tert-OH is 1. The molecule has 124 valence electrons. The highest BCUT2D eigenvalue weighted by molar-refractivity contribution is 5.97. The Balaban J connectivity index is 1.85. The minimum atomic E-state index is -1.41. The van der Waals surface area contributed by atoms with E-state index >= 15 is 0 Å². The minimum absolute atomic E-state index is 0.111. The second kappa shape index (κ2) is 5.70. The number of rotatable bonds is 1. The third kappa shape index (κ3) is 2.33. The van der Waals surface area contributed by atoms with Crippen LogP contribution in [0, 0.1) is 0 Å². The van der Waals surface area contributed by atoms with Crippen LogP contribution in [0.25, 0.3) is 0 Å². The minimum Gasteiger partial charge on any atom is -0.390 e. The molecule has 0 saturated carbocycles. The lowest BCUT2D eigenvalue weighted by molar-refractivity contribution is -0.115. The van der Waals surface area contributed by atoms with Crippen molar-refractivity contribution in [3.8, 4) is 0 Å². The van der Waals surface area contributed by atoms with Crippen molar-refractivity contribution < 1.29 is 15.0 Å². The first kappa shape index (κ1) is 15.3. The molecule has 3 atom stereocenters. The van der Waals surface area contributed by atoms with Gasteiger partial charge in [0.25, 0.3) is 5.91 Å². The van der Waals surface area contributed by atoms with Gasteiger partial charge in [-0.3, -0.25) is 4.79 Å². The van der Waals surface area contributed by atoms with E-state index in [-0.39, 0.29) is 12.5 Å². The van der Waals surface area contributed by atoms with Crippen molar-refractivity contribution >= 4 is 5.91 Å². The van der Waals surface area contributed by atoms with Crippen LogP contribution < -0.4 is 5.32 Å². The average Bonchev–Trinajstić information content (AvgIpc) is 2.72. The molecule has 2 heterocycles. The van der Waals surface area contributed by atoms with Gasteiger partial charge in [0, 0.05) is 18.5 Å². The normalized spacial score (nSPS) is 29.6. The van der Waals surface area contributed by atoms with Gasteiger partial charge in [0.2, 0.25) is 0 Å². The van der Waals surface area contributed by atoms with E-state index in [1.54, 1.807) is 6.07 Å². The summed E-state index contributed by atoms with van der Waals surface area (Å²) in [5.74, 6) is -0.233. The number of carbonyl (C=O) groups excluding carboxylic acids is 1. The van der Waals surface area contributed by atoms with Gasteiger partial charge in [-0.05, 0) is 17.2 Å². The number of hydrogen-bond acceptors (Lipinski definition) is 4. The molecule has 2 aromatic carbocycles. The van der Waals surface area contributed by atoms with Crippen molar-refractivity contribution in [2.45, 2.75) is 24.3 Å². The SMILES string of the molecule is O=C1c2ccccc2CC2(O)C(c3ccccc3)NCC(O)CN12. The molecule has 5 heteroatoms. The Bertz CT molecular complexity index is 764. The van der Waals surface area contributed by atoms with Crippen LogP contribution >= 0.6 is 0 Å². The van der Waals surface area contributed by atoms with Crippen molar-refractivity contribution in [3.05, 3.63) is 71.3 Å². The molecule has 2 aliphatic heterocycles. The summed E-state index contributed by atoms with van der Waals surface area (Å²) >= 11 is 0. The average molecular weight is 324 g/mol. The molecule has 1 fully saturated rings. The lowest BCUT2D eigenvalue weighted by atomic mass is 9.83. The highest BCUT2D eigenvalue weighted by atomic mass is 16.3. The number of fused-ring (bicyclic) bond motifs is 2. The van der Waals surface area contributed by atoms with Gasteiger partial charge in [-0.2, -0.15) is 0 Å². The van der Waals surface area contributed by atoms with Gasteiger partial charge in [-0.1, -0.05) is 48.5 Å². The molecule has 4 rings (SSSR count). The van der Waals surface area contributed by atoms with Crippen LogP contribution in [0.2, 0.25) is 0 Å². The molecule has 2 aliphatic rings. The second-order valence-corrected chi connectivity index (χ2v) is 6.53. The smallest absolute Gasteiger partial charge is 0.256 e. The van der Waals surface area contributed by atoms with E-state index in [1.807, 2.05) is 48.5 Å². The van der Waals surface area contributed by atoms with Gasteiger partial charge in [0.05, 0.1) is 18.7 Å². The largest absolute Gasteiger partial charge is 0.390 e. The molecule has 0 radical (unpaired) electrons. The molecule has 5 nitrogen and oxygen atoms in total. The van der Waals surface area contributed by atoms with Gasteiger partial charge < -0.3 is 20.4 Å². The molecule has 0 spiro atoms. The molecule has 3 N–H and O–H groups in total.